The number of rotatable bonds is 7. The third-order valence-electron chi connectivity index (χ3n) is 4.61. The first kappa shape index (κ1) is 21.0. The topological polar surface area (TPSA) is 89.5 Å². The molecule has 2 heterocycles. The summed E-state index contributed by atoms with van der Waals surface area (Å²) in [7, 11) is -2.34. The number of carbonyl (C=O) groups excluding carboxylic acids is 1. The van der Waals surface area contributed by atoms with Crippen LogP contribution in [0, 0.1) is 0 Å². The number of fused-ring (bicyclic) bond motifs is 1. The Bertz CT molecular complexity index is 1270. The van der Waals surface area contributed by atoms with Crippen LogP contribution in [0.3, 0.4) is 0 Å². The number of hydrogen-bond donors (Lipinski definition) is 0. The van der Waals surface area contributed by atoms with Gasteiger partial charge in [-0.25, -0.2) is 13.4 Å². The molecule has 2 aromatic carbocycles. The maximum absolute atomic E-state index is 13.2. The highest BCUT2D eigenvalue weighted by atomic mass is 32.2. The maximum Gasteiger partial charge on any atom is 0.244 e. The Balaban J connectivity index is 1.65. The Morgan fingerprint density at radius 2 is 1.84 bits per heavy atom. The normalized spacial score (nSPS) is 11.4. The van der Waals surface area contributed by atoms with Crippen LogP contribution in [0.5, 0.6) is 5.75 Å². The van der Waals surface area contributed by atoms with Crippen molar-refractivity contribution in [2.75, 3.05) is 17.8 Å². The van der Waals surface area contributed by atoms with E-state index in [9.17, 15) is 13.2 Å². The Morgan fingerprint density at radius 1 is 1.06 bits per heavy atom. The van der Waals surface area contributed by atoms with Crippen molar-refractivity contribution in [2.24, 2.45) is 0 Å². The molecule has 0 spiro atoms. The van der Waals surface area contributed by atoms with Crippen LogP contribution in [-0.2, 0) is 21.2 Å². The van der Waals surface area contributed by atoms with E-state index in [-0.39, 0.29) is 11.4 Å². The third-order valence-corrected chi connectivity index (χ3v) is 7.29. The molecule has 4 rings (SSSR count). The molecular formula is C22H19N3O4S2. The van der Waals surface area contributed by atoms with Gasteiger partial charge in [-0.05, 0) is 48.0 Å². The molecule has 0 N–H and O–H groups in total. The highest BCUT2D eigenvalue weighted by Gasteiger charge is 2.27. The molecule has 1 amide bonds. The molecule has 4 aromatic rings. The monoisotopic (exact) mass is 453 g/mol. The predicted octanol–water partition coefficient (Wildman–Crippen LogP) is 3.71. The van der Waals surface area contributed by atoms with E-state index >= 15 is 0 Å². The van der Waals surface area contributed by atoms with Crippen LogP contribution in [0.1, 0.15) is 5.56 Å². The summed E-state index contributed by atoms with van der Waals surface area (Å²) >= 11 is 1.34. The fraction of sp³-hybridized carbons (Fsp3) is 0.136. The van der Waals surface area contributed by atoms with Crippen molar-refractivity contribution in [1.29, 1.82) is 0 Å². The zero-order valence-corrected chi connectivity index (χ0v) is 18.3. The quantitative estimate of drug-likeness (QED) is 0.424. The van der Waals surface area contributed by atoms with Crippen LogP contribution in [-0.4, -0.2) is 37.2 Å². The first-order valence-electron chi connectivity index (χ1n) is 9.38. The van der Waals surface area contributed by atoms with Crippen molar-refractivity contribution in [1.82, 2.24) is 9.97 Å². The standard InChI is InChI=1S/C22H19N3O4S2/c1-29-17-8-10-18(11-9-17)31(27,28)15-21(26)25(14-16-5-4-12-23-13-16)22-24-19-6-2-3-7-20(19)30-22/h2-13H,14-15H2,1H3. The third kappa shape index (κ3) is 4.73. The van der Waals surface area contributed by atoms with Crippen LogP contribution < -0.4 is 9.64 Å². The van der Waals surface area contributed by atoms with Crippen molar-refractivity contribution in [2.45, 2.75) is 11.4 Å². The molecule has 0 aliphatic rings. The van der Waals surface area contributed by atoms with Gasteiger partial charge >= 0.3 is 0 Å². The van der Waals surface area contributed by atoms with Crippen molar-refractivity contribution in [3.05, 3.63) is 78.6 Å². The average molecular weight is 454 g/mol. The molecule has 7 nitrogen and oxygen atoms in total. The highest BCUT2D eigenvalue weighted by molar-refractivity contribution is 7.92. The maximum atomic E-state index is 13.2. The number of pyridine rings is 1. The second-order valence-corrected chi connectivity index (χ2v) is 9.74. The minimum Gasteiger partial charge on any atom is -0.497 e. The highest BCUT2D eigenvalue weighted by Crippen LogP contribution is 2.30. The lowest BCUT2D eigenvalue weighted by molar-refractivity contribution is -0.116. The summed E-state index contributed by atoms with van der Waals surface area (Å²) in [5, 5.41) is 0.444. The number of para-hydroxylation sites is 1. The van der Waals surface area contributed by atoms with Crippen molar-refractivity contribution < 1.29 is 17.9 Å². The number of thiazole rings is 1. The van der Waals surface area contributed by atoms with Gasteiger partial charge in [0, 0.05) is 12.4 Å². The number of amides is 1. The number of hydrogen-bond acceptors (Lipinski definition) is 7. The van der Waals surface area contributed by atoms with Gasteiger partial charge in [0.2, 0.25) is 5.91 Å². The molecule has 0 atom stereocenters. The lowest BCUT2D eigenvalue weighted by Gasteiger charge is -2.20. The van der Waals surface area contributed by atoms with Gasteiger partial charge in [0.05, 0.1) is 28.8 Å². The summed E-state index contributed by atoms with van der Waals surface area (Å²) in [6.07, 6.45) is 3.28. The van der Waals surface area contributed by atoms with Crippen LogP contribution >= 0.6 is 11.3 Å². The summed E-state index contributed by atoms with van der Waals surface area (Å²) < 4.78 is 31.8. The Labute approximate surface area is 183 Å². The van der Waals surface area contributed by atoms with Crippen LogP contribution in [0.25, 0.3) is 10.2 Å². The van der Waals surface area contributed by atoms with E-state index in [4.69, 9.17) is 4.74 Å². The molecule has 0 saturated heterocycles. The van der Waals surface area contributed by atoms with Crippen molar-refractivity contribution in [3.8, 4) is 5.75 Å². The lowest BCUT2D eigenvalue weighted by atomic mass is 10.2. The van der Waals surface area contributed by atoms with Gasteiger partial charge in [-0.3, -0.25) is 14.7 Å². The van der Waals surface area contributed by atoms with Crippen LogP contribution in [0.4, 0.5) is 5.13 Å². The summed E-state index contributed by atoms with van der Waals surface area (Å²) in [5.41, 5.74) is 1.53. The minimum absolute atomic E-state index is 0.0623. The molecule has 0 bridgehead atoms. The Kier molecular flexibility index (Phi) is 5.97. The van der Waals surface area contributed by atoms with Crippen LogP contribution in [0.15, 0.2) is 78.0 Å². The zero-order valence-electron chi connectivity index (χ0n) is 16.6. The summed E-state index contributed by atoms with van der Waals surface area (Å²) in [5.74, 6) is -0.688. The fourth-order valence-corrected chi connectivity index (χ4v) is 5.20. The van der Waals surface area contributed by atoms with Gasteiger partial charge in [-0.15, -0.1) is 0 Å². The van der Waals surface area contributed by atoms with Gasteiger partial charge in [0.25, 0.3) is 0 Å². The van der Waals surface area contributed by atoms with Crippen molar-refractivity contribution >= 4 is 42.4 Å². The first-order valence-corrected chi connectivity index (χ1v) is 11.8. The van der Waals surface area contributed by atoms with Gasteiger partial charge in [-0.2, -0.15) is 0 Å². The molecule has 158 valence electrons. The van der Waals surface area contributed by atoms with E-state index in [1.165, 1.54) is 35.5 Å². The second-order valence-electron chi connectivity index (χ2n) is 6.74. The SMILES string of the molecule is COc1ccc(S(=O)(=O)CC(=O)N(Cc2cccnc2)c2nc3ccccc3s2)cc1. The number of anilines is 1. The smallest absolute Gasteiger partial charge is 0.244 e. The van der Waals surface area contributed by atoms with E-state index < -0.39 is 21.5 Å². The van der Waals surface area contributed by atoms with Gasteiger partial charge < -0.3 is 4.74 Å². The van der Waals surface area contributed by atoms with Gasteiger partial charge in [-0.1, -0.05) is 29.5 Å². The second kappa shape index (κ2) is 8.83. The number of ether oxygens (including phenoxy) is 1. The number of benzene rings is 2. The molecule has 0 unspecified atom stereocenters. The molecule has 2 aromatic heterocycles. The molecule has 0 radical (unpaired) electrons. The van der Waals surface area contributed by atoms with Crippen LogP contribution in [0.2, 0.25) is 0 Å². The molecule has 9 heteroatoms. The number of aromatic nitrogens is 2. The number of nitrogens with zero attached hydrogens (tertiary/aromatic N) is 3. The minimum atomic E-state index is -3.85. The zero-order chi connectivity index (χ0) is 21.8. The predicted molar refractivity (Wildman–Crippen MR) is 120 cm³/mol. The fourth-order valence-electron chi connectivity index (χ4n) is 3.02. The first-order chi connectivity index (χ1) is 15.0. The molecule has 0 aliphatic carbocycles. The Morgan fingerprint density at radius 3 is 2.52 bits per heavy atom. The molecule has 0 saturated carbocycles. The molecule has 31 heavy (non-hydrogen) atoms. The summed E-state index contributed by atoms with van der Waals surface area (Å²) in [4.78, 5) is 23.3. The van der Waals surface area contributed by atoms with E-state index in [0.29, 0.717) is 10.9 Å². The van der Waals surface area contributed by atoms with E-state index in [0.717, 1.165) is 15.8 Å². The molecule has 0 fully saturated rings. The number of carbonyl (C=O) groups is 1. The average Bonchev–Trinajstić information content (AvgIpc) is 3.21. The number of sulfone groups is 1. The van der Waals surface area contributed by atoms with E-state index in [1.54, 1.807) is 30.6 Å². The Hall–Kier alpha value is -3.30. The van der Waals surface area contributed by atoms with Gasteiger partial charge in [0.15, 0.2) is 15.0 Å². The van der Waals surface area contributed by atoms with Crippen molar-refractivity contribution in [3.63, 3.8) is 0 Å². The largest absolute Gasteiger partial charge is 0.497 e. The van der Waals surface area contributed by atoms with Gasteiger partial charge in [0.1, 0.15) is 11.5 Å². The van der Waals surface area contributed by atoms with E-state index in [1.807, 2.05) is 30.3 Å². The number of methoxy groups -OCH3 is 1. The molecular weight excluding hydrogens is 434 g/mol. The van der Waals surface area contributed by atoms with E-state index in [2.05, 4.69) is 9.97 Å². The lowest BCUT2D eigenvalue weighted by Crippen LogP contribution is -2.35. The summed E-state index contributed by atoms with van der Waals surface area (Å²) in [6.45, 7) is 0.171. The molecule has 0 aliphatic heterocycles. The summed E-state index contributed by atoms with van der Waals surface area (Å²) in [6, 6.07) is 17.1.